The maximum absolute atomic E-state index is 4.87. The number of aromatic nitrogens is 1. The van der Waals surface area contributed by atoms with Crippen molar-refractivity contribution in [3.8, 4) is 11.3 Å². The van der Waals surface area contributed by atoms with Crippen LogP contribution in [0.2, 0.25) is 15.8 Å². The number of fused-ring (bicyclic) bond motifs is 1. The van der Waals surface area contributed by atoms with Crippen LogP contribution >= 0.6 is 0 Å². The summed E-state index contributed by atoms with van der Waals surface area (Å²) in [5.41, 5.74) is 3.34. The molecule has 0 atom stereocenters. The van der Waals surface area contributed by atoms with Gasteiger partial charge in [0.1, 0.15) is 0 Å². The molecule has 0 spiro atoms. The Kier molecular flexibility index (Phi) is 4.86. The Balaban J connectivity index is 2.06. The van der Waals surface area contributed by atoms with E-state index in [1.165, 1.54) is 26.7 Å². The van der Waals surface area contributed by atoms with E-state index in [1.807, 2.05) is 6.07 Å². The van der Waals surface area contributed by atoms with Gasteiger partial charge < -0.3 is 0 Å². The van der Waals surface area contributed by atoms with Crippen molar-refractivity contribution in [3.05, 3.63) is 60.7 Å². The number of nitrogens with zero attached hydrogens (tertiary/aromatic N) is 1. The minimum absolute atomic E-state index is 1.06. The maximum atomic E-state index is 4.87. The summed E-state index contributed by atoms with van der Waals surface area (Å²) in [6.07, 6.45) is 0. The molecular formula is C21H25GeN. The van der Waals surface area contributed by atoms with Gasteiger partial charge in [0.15, 0.2) is 0 Å². The third-order valence-corrected chi connectivity index (χ3v) is 17.1. The van der Waals surface area contributed by atoms with Crippen LogP contribution in [0.15, 0.2) is 60.7 Å². The molecule has 0 bridgehead atoms. The van der Waals surface area contributed by atoms with Crippen molar-refractivity contribution in [1.29, 1.82) is 0 Å². The van der Waals surface area contributed by atoms with Crippen molar-refractivity contribution in [1.82, 2.24) is 4.98 Å². The van der Waals surface area contributed by atoms with Crippen molar-refractivity contribution in [2.45, 2.75) is 36.5 Å². The summed E-state index contributed by atoms with van der Waals surface area (Å²) >= 11 is -1.88. The molecule has 0 saturated carbocycles. The zero-order chi connectivity index (χ0) is 16.3. The first-order valence-electron chi connectivity index (χ1n) is 8.69. The van der Waals surface area contributed by atoms with Crippen LogP contribution in [-0.4, -0.2) is 18.3 Å². The Labute approximate surface area is 142 Å². The quantitative estimate of drug-likeness (QED) is 0.536. The number of rotatable bonds is 5. The van der Waals surface area contributed by atoms with E-state index in [2.05, 4.69) is 75.4 Å². The summed E-state index contributed by atoms with van der Waals surface area (Å²) in [4.78, 5) is 4.87. The van der Waals surface area contributed by atoms with Crippen LogP contribution in [0.5, 0.6) is 0 Å². The number of hydrogen-bond acceptors (Lipinski definition) is 1. The molecule has 1 heterocycles. The summed E-state index contributed by atoms with van der Waals surface area (Å²) in [5.74, 6) is 0. The van der Waals surface area contributed by atoms with Gasteiger partial charge in [-0.2, -0.15) is 0 Å². The van der Waals surface area contributed by atoms with Crippen molar-refractivity contribution in [2.24, 2.45) is 0 Å². The third-order valence-electron chi connectivity index (χ3n) is 5.40. The fourth-order valence-electron chi connectivity index (χ4n) is 3.59. The monoisotopic (exact) mass is 365 g/mol. The molecule has 2 heteroatoms. The van der Waals surface area contributed by atoms with E-state index in [1.54, 1.807) is 4.40 Å². The van der Waals surface area contributed by atoms with Crippen LogP contribution in [0.25, 0.3) is 22.2 Å². The molecule has 0 aliphatic heterocycles. The average Bonchev–Trinajstić information content (AvgIpc) is 2.64. The van der Waals surface area contributed by atoms with Gasteiger partial charge in [-0.05, 0) is 0 Å². The Bertz CT molecular complexity index is 783. The molecule has 0 aliphatic carbocycles. The molecule has 0 amide bonds. The van der Waals surface area contributed by atoms with Gasteiger partial charge in [0.2, 0.25) is 0 Å². The molecule has 0 unspecified atom stereocenters. The first-order valence-corrected chi connectivity index (χ1v) is 14.2. The fraction of sp³-hybridized carbons (Fsp3) is 0.286. The molecule has 118 valence electrons. The molecule has 0 fully saturated rings. The number of pyridine rings is 1. The van der Waals surface area contributed by atoms with E-state index >= 15 is 0 Å². The van der Waals surface area contributed by atoms with Crippen LogP contribution in [0.1, 0.15) is 20.8 Å². The van der Waals surface area contributed by atoms with Gasteiger partial charge in [-0.25, -0.2) is 0 Å². The standard InChI is InChI=1S/C21H25GeN/c1-4-22(5-2,6-3)19-13-15-21-18(16-19)12-14-20(23-21)17-10-8-7-9-11-17/h7-16H,4-6H2,1-3H3. The molecule has 0 saturated heterocycles. The molecule has 1 aromatic heterocycles. The SMILES string of the molecule is C[CH2][Ge]([CH2]C)([CH2]C)[c]1ccc2nc(-c3ccccc3)ccc2c1. The molecule has 0 aliphatic rings. The van der Waals surface area contributed by atoms with Crippen molar-refractivity contribution >= 4 is 28.6 Å². The Hall–Kier alpha value is -1.61. The van der Waals surface area contributed by atoms with Crippen LogP contribution < -0.4 is 4.40 Å². The second-order valence-corrected chi connectivity index (χ2v) is 17.3. The van der Waals surface area contributed by atoms with Crippen LogP contribution in [0, 0.1) is 0 Å². The summed E-state index contributed by atoms with van der Waals surface area (Å²) in [6, 6.07) is 21.8. The average molecular weight is 364 g/mol. The molecule has 0 radical (unpaired) electrons. The zero-order valence-electron chi connectivity index (χ0n) is 14.3. The Morgan fingerprint density at radius 3 is 2.13 bits per heavy atom. The first-order chi connectivity index (χ1) is 11.2. The van der Waals surface area contributed by atoms with Gasteiger partial charge in [-0.1, -0.05) is 0 Å². The minimum atomic E-state index is -1.88. The predicted molar refractivity (Wildman–Crippen MR) is 104 cm³/mol. The second kappa shape index (κ2) is 6.88. The van der Waals surface area contributed by atoms with E-state index in [9.17, 15) is 0 Å². The predicted octanol–water partition coefficient (Wildman–Crippen LogP) is 5.62. The molecule has 3 rings (SSSR count). The van der Waals surface area contributed by atoms with Gasteiger partial charge in [0.05, 0.1) is 0 Å². The van der Waals surface area contributed by atoms with Crippen LogP contribution in [-0.2, 0) is 0 Å². The summed E-state index contributed by atoms with van der Waals surface area (Å²) < 4.78 is 1.64. The zero-order valence-corrected chi connectivity index (χ0v) is 16.4. The van der Waals surface area contributed by atoms with E-state index < -0.39 is 13.3 Å². The first kappa shape index (κ1) is 16.3. The van der Waals surface area contributed by atoms with Crippen LogP contribution in [0.4, 0.5) is 0 Å². The molecular weight excluding hydrogens is 339 g/mol. The Morgan fingerprint density at radius 1 is 0.783 bits per heavy atom. The Morgan fingerprint density at radius 2 is 1.48 bits per heavy atom. The van der Waals surface area contributed by atoms with Crippen molar-refractivity contribution < 1.29 is 0 Å². The topological polar surface area (TPSA) is 12.9 Å². The number of benzene rings is 2. The molecule has 3 aromatic rings. The number of hydrogen-bond donors (Lipinski definition) is 0. The summed E-state index contributed by atoms with van der Waals surface area (Å²) in [5, 5.41) is 5.39. The van der Waals surface area contributed by atoms with E-state index in [-0.39, 0.29) is 0 Å². The van der Waals surface area contributed by atoms with E-state index in [0.29, 0.717) is 0 Å². The van der Waals surface area contributed by atoms with Crippen molar-refractivity contribution in [2.75, 3.05) is 0 Å². The molecule has 23 heavy (non-hydrogen) atoms. The molecule has 2 aromatic carbocycles. The van der Waals surface area contributed by atoms with Gasteiger partial charge >= 0.3 is 142 Å². The summed E-state index contributed by atoms with van der Waals surface area (Å²) in [6.45, 7) is 7.15. The van der Waals surface area contributed by atoms with Crippen molar-refractivity contribution in [3.63, 3.8) is 0 Å². The second-order valence-electron chi connectivity index (χ2n) is 6.31. The van der Waals surface area contributed by atoms with Gasteiger partial charge in [-0.15, -0.1) is 0 Å². The van der Waals surface area contributed by atoms with Crippen LogP contribution in [0.3, 0.4) is 0 Å². The fourth-order valence-corrected chi connectivity index (χ4v) is 11.2. The molecule has 1 nitrogen and oxygen atoms in total. The van der Waals surface area contributed by atoms with E-state index in [0.717, 1.165) is 11.2 Å². The normalized spacial score (nSPS) is 11.8. The summed E-state index contributed by atoms with van der Waals surface area (Å²) in [7, 11) is 0. The van der Waals surface area contributed by atoms with Gasteiger partial charge in [-0.3, -0.25) is 0 Å². The van der Waals surface area contributed by atoms with Gasteiger partial charge in [0, 0.05) is 0 Å². The van der Waals surface area contributed by atoms with Gasteiger partial charge in [0.25, 0.3) is 0 Å². The third kappa shape index (κ3) is 3.07. The van der Waals surface area contributed by atoms with E-state index in [4.69, 9.17) is 4.98 Å². The molecule has 0 N–H and O–H groups in total.